The van der Waals surface area contributed by atoms with E-state index < -0.39 is 10.0 Å². The van der Waals surface area contributed by atoms with Crippen molar-refractivity contribution < 1.29 is 21.7 Å². The Labute approximate surface area is 173 Å². The number of aryl methyl sites for hydroxylation is 1. The van der Waals surface area contributed by atoms with E-state index in [9.17, 15) is 12.8 Å². The van der Waals surface area contributed by atoms with Crippen molar-refractivity contribution in [3.8, 4) is 11.3 Å². The van der Waals surface area contributed by atoms with E-state index in [1.54, 1.807) is 54.6 Å². The van der Waals surface area contributed by atoms with E-state index in [1.807, 2.05) is 6.92 Å². The van der Waals surface area contributed by atoms with E-state index in [0.29, 0.717) is 22.8 Å². The zero-order valence-electron chi connectivity index (χ0n) is 16.2. The first-order valence-electron chi connectivity index (χ1n) is 9.22. The van der Waals surface area contributed by atoms with Gasteiger partial charge in [-0.3, -0.25) is 0 Å². The van der Waals surface area contributed by atoms with Crippen LogP contribution in [0.4, 0.5) is 4.39 Å². The zero-order valence-corrected chi connectivity index (χ0v) is 17.0. The summed E-state index contributed by atoms with van der Waals surface area (Å²) in [5.74, 6) is 0.580. The third kappa shape index (κ3) is 4.34. The van der Waals surface area contributed by atoms with E-state index in [1.165, 1.54) is 22.7 Å². The van der Waals surface area contributed by atoms with E-state index in [-0.39, 0.29) is 23.8 Å². The molecule has 0 aliphatic carbocycles. The summed E-state index contributed by atoms with van der Waals surface area (Å²) in [6, 6.07) is 17.5. The molecule has 0 N–H and O–H groups in total. The van der Waals surface area contributed by atoms with Crippen LogP contribution in [-0.4, -0.2) is 17.9 Å². The van der Waals surface area contributed by atoms with Crippen LogP contribution in [-0.2, 0) is 23.1 Å². The van der Waals surface area contributed by atoms with Gasteiger partial charge in [-0.1, -0.05) is 22.9 Å². The van der Waals surface area contributed by atoms with Crippen molar-refractivity contribution in [1.29, 1.82) is 0 Å². The van der Waals surface area contributed by atoms with Gasteiger partial charge < -0.3 is 8.94 Å². The third-order valence-electron chi connectivity index (χ3n) is 4.60. The average Bonchev–Trinajstić information content (AvgIpc) is 3.41. The van der Waals surface area contributed by atoms with Gasteiger partial charge in [0.15, 0.2) is 5.76 Å². The van der Waals surface area contributed by atoms with Crippen molar-refractivity contribution in [2.45, 2.75) is 24.9 Å². The summed E-state index contributed by atoms with van der Waals surface area (Å²) in [4.78, 5) is 0.182. The second-order valence-corrected chi connectivity index (χ2v) is 8.79. The standard InChI is InChI=1S/C22H19FN2O4S/c1-16-4-10-21(11-5-16)30(26,27)25(15-20-3-2-12-28-20)14-19-13-22(29-24-19)17-6-8-18(23)9-7-17/h2-13H,14-15H2,1H3. The summed E-state index contributed by atoms with van der Waals surface area (Å²) in [7, 11) is -3.81. The molecule has 0 amide bonds. The van der Waals surface area contributed by atoms with Gasteiger partial charge in [-0.2, -0.15) is 4.31 Å². The van der Waals surface area contributed by atoms with Crippen molar-refractivity contribution in [1.82, 2.24) is 9.46 Å². The number of hydrogen-bond acceptors (Lipinski definition) is 5. The molecule has 0 aliphatic heterocycles. The van der Waals surface area contributed by atoms with E-state index in [0.717, 1.165) is 5.56 Å². The van der Waals surface area contributed by atoms with Gasteiger partial charge in [0.1, 0.15) is 11.6 Å². The van der Waals surface area contributed by atoms with Crippen LogP contribution in [0.15, 0.2) is 86.8 Å². The van der Waals surface area contributed by atoms with Gasteiger partial charge >= 0.3 is 0 Å². The minimum absolute atomic E-state index is 0.0123. The molecule has 0 aliphatic rings. The Hall–Kier alpha value is -3.23. The highest BCUT2D eigenvalue weighted by Crippen LogP contribution is 2.25. The number of furan rings is 1. The minimum atomic E-state index is -3.81. The van der Waals surface area contributed by atoms with Crippen LogP contribution in [0.1, 0.15) is 17.0 Å². The van der Waals surface area contributed by atoms with E-state index in [2.05, 4.69) is 5.16 Å². The van der Waals surface area contributed by atoms with Gasteiger partial charge in [0, 0.05) is 11.6 Å². The maximum absolute atomic E-state index is 13.3. The maximum Gasteiger partial charge on any atom is 0.243 e. The molecule has 4 aromatic rings. The van der Waals surface area contributed by atoms with Crippen LogP contribution in [0.25, 0.3) is 11.3 Å². The summed E-state index contributed by atoms with van der Waals surface area (Å²) in [5, 5.41) is 4.00. The minimum Gasteiger partial charge on any atom is -0.468 e. The molecule has 0 unspecified atom stereocenters. The third-order valence-corrected chi connectivity index (χ3v) is 6.40. The van der Waals surface area contributed by atoms with Crippen molar-refractivity contribution >= 4 is 10.0 Å². The molecule has 0 spiro atoms. The van der Waals surface area contributed by atoms with E-state index >= 15 is 0 Å². The molecule has 30 heavy (non-hydrogen) atoms. The topological polar surface area (TPSA) is 76.6 Å². The van der Waals surface area contributed by atoms with Crippen LogP contribution >= 0.6 is 0 Å². The monoisotopic (exact) mass is 426 g/mol. The van der Waals surface area contributed by atoms with Crippen LogP contribution in [0.5, 0.6) is 0 Å². The Bertz CT molecular complexity index is 1220. The number of hydrogen-bond donors (Lipinski definition) is 0. The zero-order chi connectivity index (χ0) is 21.1. The number of sulfonamides is 1. The normalized spacial score (nSPS) is 11.8. The lowest BCUT2D eigenvalue weighted by Gasteiger charge is -2.20. The molecule has 154 valence electrons. The fraction of sp³-hybridized carbons (Fsp3) is 0.136. The fourth-order valence-electron chi connectivity index (χ4n) is 2.98. The quantitative estimate of drug-likeness (QED) is 0.425. The molecule has 0 fully saturated rings. The van der Waals surface area contributed by atoms with Crippen molar-refractivity contribution in [3.05, 3.63) is 95.8 Å². The first-order valence-corrected chi connectivity index (χ1v) is 10.7. The van der Waals surface area contributed by atoms with Crippen LogP contribution < -0.4 is 0 Å². The van der Waals surface area contributed by atoms with Gasteiger partial charge in [0.25, 0.3) is 0 Å². The summed E-state index contributed by atoms with van der Waals surface area (Å²) in [6.07, 6.45) is 1.49. The number of rotatable bonds is 7. The lowest BCUT2D eigenvalue weighted by atomic mass is 10.1. The predicted octanol–water partition coefficient (Wildman–Crippen LogP) is 4.77. The first-order chi connectivity index (χ1) is 14.4. The molecule has 0 saturated carbocycles. The molecular formula is C22H19FN2O4S. The molecule has 0 saturated heterocycles. The Morgan fingerprint density at radius 2 is 1.73 bits per heavy atom. The van der Waals surface area contributed by atoms with Crippen LogP contribution in [0, 0.1) is 12.7 Å². The highest BCUT2D eigenvalue weighted by Gasteiger charge is 2.27. The lowest BCUT2D eigenvalue weighted by molar-refractivity contribution is 0.343. The first kappa shape index (κ1) is 20.1. The summed E-state index contributed by atoms with van der Waals surface area (Å²) < 4.78 is 51.7. The second kappa shape index (κ2) is 8.25. The van der Waals surface area contributed by atoms with Gasteiger partial charge in [-0.15, -0.1) is 0 Å². The van der Waals surface area contributed by atoms with Gasteiger partial charge in [0.05, 0.1) is 29.9 Å². The molecular weight excluding hydrogens is 407 g/mol. The summed E-state index contributed by atoms with van der Waals surface area (Å²) in [5.41, 5.74) is 2.04. The fourth-order valence-corrected chi connectivity index (χ4v) is 4.36. The van der Waals surface area contributed by atoms with Crippen LogP contribution in [0.2, 0.25) is 0 Å². The molecule has 8 heteroatoms. The molecule has 4 rings (SSSR count). The number of halogens is 1. The number of aromatic nitrogens is 1. The van der Waals surface area contributed by atoms with E-state index in [4.69, 9.17) is 8.94 Å². The highest BCUT2D eigenvalue weighted by atomic mass is 32.2. The number of benzene rings is 2. The summed E-state index contributed by atoms with van der Waals surface area (Å²) >= 11 is 0. The molecule has 2 aromatic carbocycles. The molecule has 0 radical (unpaired) electrons. The Morgan fingerprint density at radius 1 is 1.00 bits per heavy atom. The van der Waals surface area contributed by atoms with Crippen molar-refractivity contribution in [3.63, 3.8) is 0 Å². The van der Waals surface area contributed by atoms with Gasteiger partial charge in [-0.25, -0.2) is 12.8 Å². The predicted molar refractivity (Wildman–Crippen MR) is 108 cm³/mol. The Balaban J connectivity index is 1.63. The lowest BCUT2D eigenvalue weighted by Crippen LogP contribution is -2.30. The average molecular weight is 426 g/mol. The summed E-state index contributed by atoms with van der Waals surface area (Å²) in [6.45, 7) is 1.92. The largest absolute Gasteiger partial charge is 0.468 e. The smallest absolute Gasteiger partial charge is 0.243 e. The number of nitrogens with zero attached hydrogens (tertiary/aromatic N) is 2. The molecule has 6 nitrogen and oxygen atoms in total. The Morgan fingerprint density at radius 3 is 2.40 bits per heavy atom. The second-order valence-electron chi connectivity index (χ2n) is 6.85. The van der Waals surface area contributed by atoms with Crippen LogP contribution in [0.3, 0.4) is 0 Å². The van der Waals surface area contributed by atoms with Crippen molar-refractivity contribution in [2.75, 3.05) is 0 Å². The highest BCUT2D eigenvalue weighted by molar-refractivity contribution is 7.89. The van der Waals surface area contributed by atoms with Gasteiger partial charge in [-0.05, 0) is 55.5 Å². The van der Waals surface area contributed by atoms with Crippen molar-refractivity contribution in [2.24, 2.45) is 0 Å². The Kier molecular flexibility index (Phi) is 5.52. The van der Waals surface area contributed by atoms with Gasteiger partial charge in [0.2, 0.25) is 10.0 Å². The molecule has 2 aromatic heterocycles. The molecule has 0 bridgehead atoms. The molecule has 0 atom stereocenters. The maximum atomic E-state index is 13.3. The SMILES string of the molecule is Cc1ccc(S(=O)(=O)N(Cc2cc(-c3ccc(F)cc3)on2)Cc2ccco2)cc1. The molecule has 2 heterocycles.